The van der Waals surface area contributed by atoms with Gasteiger partial charge in [0.2, 0.25) is 5.91 Å². The smallest absolute Gasteiger partial charge is 0.223 e. The minimum Gasteiger partial charge on any atom is -0.508 e. The van der Waals surface area contributed by atoms with Crippen molar-refractivity contribution in [2.45, 2.75) is 80.3 Å². The van der Waals surface area contributed by atoms with Gasteiger partial charge in [-0.05, 0) is 34.9 Å². The van der Waals surface area contributed by atoms with Crippen molar-refractivity contribution in [2.75, 3.05) is 0 Å². The van der Waals surface area contributed by atoms with Crippen LogP contribution in [0.15, 0.2) is 18.2 Å². The Morgan fingerprint density at radius 1 is 1.15 bits per heavy atom. The van der Waals surface area contributed by atoms with Crippen LogP contribution in [0.25, 0.3) is 0 Å². The van der Waals surface area contributed by atoms with E-state index in [-0.39, 0.29) is 34.9 Å². The molecule has 1 atom stereocenters. The molecule has 0 radical (unpaired) electrons. The monoisotopic (exact) mass is 362 g/mol. The Hall–Kier alpha value is -1.55. The first-order valence-electron chi connectivity index (χ1n) is 9.91. The first-order chi connectivity index (χ1) is 12.1. The molecule has 1 aromatic carbocycles. The summed E-state index contributed by atoms with van der Waals surface area (Å²) in [4.78, 5) is 13.1. The van der Waals surface area contributed by atoms with Gasteiger partial charge in [-0.15, -0.1) is 0 Å². The molecular weight excluding hydrogens is 324 g/mol. The van der Waals surface area contributed by atoms with Gasteiger partial charge in [0.05, 0.1) is 0 Å². The molecule has 0 bridgehead atoms. The van der Waals surface area contributed by atoms with Gasteiger partial charge in [-0.1, -0.05) is 66.9 Å². The van der Waals surface area contributed by atoms with Crippen LogP contribution in [0.1, 0.15) is 78.4 Å². The molecule has 0 aromatic heterocycles. The third-order valence-electron chi connectivity index (χ3n) is 6.41. The van der Waals surface area contributed by atoms with Crippen molar-refractivity contribution < 1.29 is 9.90 Å². The van der Waals surface area contributed by atoms with Gasteiger partial charge in [-0.25, -0.2) is 0 Å². The Morgan fingerprint density at radius 3 is 2.27 bits per heavy atom. The average Bonchev–Trinajstić information content (AvgIpc) is 2.64. The number of benzene rings is 1. The lowest BCUT2D eigenvalue weighted by Crippen LogP contribution is -2.41. The fraction of sp³-hybridized carbons (Fsp3) is 0.682. The van der Waals surface area contributed by atoms with Gasteiger partial charge in [-0.2, -0.15) is 0 Å². The van der Waals surface area contributed by atoms with Crippen LogP contribution in [0.5, 0.6) is 5.75 Å². The normalized spacial score (nSPS) is 13.5. The van der Waals surface area contributed by atoms with Gasteiger partial charge in [0.25, 0.3) is 0 Å². The highest BCUT2D eigenvalue weighted by molar-refractivity contribution is 5.79. The SMILES string of the molecule is CCC(C)(CC)CC(C(=O)NCc1ccc(O)c(CN)c1)C(C)(C)CC. The summed E-state index contributed by atoms with van der Waals surface area (Å²) in [7, 11) is 0. The number of aromatic hydroxyl groups is 1. The van der Waals surface area contributed by atoms with E-state index in [0.29, 0.717) is 12.1 Å². The van der Waals surface area contributed by atoms with Crippen LogP contribution < -0.4 is 11.1 Å². The lowest BCUT2D eigenvalue weighted by Gasteiger charge is -2.39. The molecular formula is C22H38N2O2. The van der Waals surface area contributed by atoms with Crippen LogP contribution in [0.4, 0.5) is 0 Å². The summed E-state index contributed by atoms with van der Waals surface area (Å²) in [5.41, 5.74) is 7.44. The highest BCUT2D eigenvalue weighted by Gasteiger charge is 2.38. The molecule has 1 unspecified atom stereocenters. The number of nitrogens with two attached hydrogens (primary N) is 1. The van der Waals surface area contributed by atoms with Crippen molar-refractivity contribution in [2.24, 2.45) is 22.5 Å². The molecule has 0 saturated heterocycles. The second-order valence-electron chi connectivity index (χ2n) is 8.50. The molecule has 0 heterocycles. The van der Waals surface area contributed by atoms with Crippen molar-refractivity contribution in [1.82, 2.24) is 5.32 Å². The first kappa shape index (κ1) is 22.5. The Morgan fingerprint density at radius 2 is 1.77 bits per heavy atom. The fourth-order valence-corrected chi connectivity index (χ4v) is 3.23. The fourth-order valence-electron chi connectivity index (χ4n) is 3.23. The van der Waals surface area contributed by atoms with E-state index in [2.05, 4.69) is 46.9 Å². The van der Waals surface area contributed by atoms with Gasteiger partial charge < -0.3 is 16.2 Å². The van der Waals surface area contributed by atoms with Crippen molar-refractivity contribution >= 4 is 5.91 Å². The van der Waals surface area contributed by atoms with E-state index in [9.17, 15) is 9.90 Å². The number of rotatable bonds is 10. The van der Waals surface area contributed by atoms with Crippen molar-refractivity contribution in [1.29, 1.82) is 0 Å². The van der Waals surface area contributed by atoms with E-state index in [4.69, 9.17) is 5.73 Å². The van der Waals surface area contributed by atoms with Crippen LogP contribution in [-0.2, 0) is 17.9 Å². The van der Waals surface area contributed by atoms with Crippen LogP contribution >= 0.6 is 0 Å². The molecule has 0 aliphatic rings. The van der Waals surface area contributed by atoms with Crippen molar-refractivity contribution in [3.05, 3.63) is 29.3 Å². The summed E-state index contributed by atoms with van der Waals surface area (Å²) in [6, 6.07) is 5.33. The third-order valence-corrected chi connectivity index (χ3v) is 6.41. The summed E-state index contributed by atoms with van der Waals surface area (Å²) in [5, 5.41) is 12.9. The van der Waals surface area contributed by atoms with Crippen molar-refractivity contribution in [3.63, 3.8) is 0 Å². The van der Waals surface area contributed by atoms with E-state index in [1.165, 1.54) is 0 Å². The molecule has 148 valence electrons. The molecule has 1 amide bonds. The molecule has 0 fully saturated rings. The Bertz CT molecular complexity index is 592. The number of nitrogens with one attached hydrogen (secondary N) is 1. The number of carbonyl (C=O) groups is 1. The molecule has 4 N–H and O–H groups in total. The van der Waals surface area contributed by atoms with Crippen molar-refractivity contribution in [3.8, 4) is 5.75 Å². The number of phenolic OH excluding ortho intramolecular Hbond substituents is 1. The zero-order chi connectivity index (χ0) is 20.0. The maximum Gasteiger partial charge on any atom is 0.223 e. The predicted octanol–water partition coefficient (Wildman–Crippen LogP) is 4.74. The highest BCUT2D eigenvalue weighted by atomic mass is 16.3. The van der Waals surface area contributed by atoms with Crippen LogP contribution in [0.3, 0.4) is 0 Å². The quantitative estimate of drug-likeness (QED) is 0.563. The Labute approximate surface area is 159 Å². The number of amides is 1. The minimum absolute atomic E-state index is 0.0245. The summed E-state index contributed by atoms with van der Waals surface area (Å²) < 4.78 is 0. The zero-order valence-electron chi connectivity index (χ0n) is 17.5. The Balaban J connectivity index is 2.92. The summed E-state index contributed by atoms with van der Waals surface area (Å²) in [6.45, 7) is 14.0. The number of hydrogen-bond donors (Lipinski definition) is 3. The second-order valence-corrected chi connectivity index (χ2v) is 8.50. The number of hydrogen-bond acceptors (Lipinski definition) is 3. The zero-order valence-corrected chi connectivity index (χ0v) is 17.5. The van der Waals surface area contributed by atoms with Crippen LogP contribution in [-0.4, -0.2) is 11.0 Å². The van der Waals surface area contributed by atoms with Gasteiger partial charge in [0, 0.05) is 24.6 Å². The number of phenols is 1. The maximum atomic E-state index is 13.1. The maximum absolute atomic E-state index is 13.1. The largest absolute Gasteiger partial charge is 0.508 e. The van der Waals surface area contributed by atoms with E-state index >= 15 is 0 Å². The molecule has 4 heteroatoms. The summed E-state index contributed by atoms with van der Waals surface area (Å²) >= 11 is 0. The first-order valence-corrected chi connectivity index (χ1v) is 9.91. The molecule has 0 saturated carbocycles. The molecule has 0 aliphatic heterocycles. The van der Waals surface area contributed by atoms with E-state index < -0.39 is 0 Å². The van der Waals surface area contributed by atoms with E-state index in [0.717, 1.165) is 31.2 Å². The van der Waals surface area contributed by atoms with Gasteiger partial charge >= 0.3 is 0 Å². The van der Waals surface area contributed by atoms with E-state index in [1.54, 1.807) is 6.07 Å². The van der Waals surface area contributed by atoms with Gasteiger partial charge in [0.1, 0.15) is 5.75 Å². The molecule has 1 rings (SSSR count). The standard InChI is InChI=1S/C22H38N2O2/c1-7-21(4,5)18(13-22(6,8-2)9-3)20(26)24-15-16-10-11-19(25)17(12-16)14-23/h10-12,18,25H,7-9,13-15,23H2,1-6H3,(H,24,26). The lowest BCUT2D eigenvalue weighted by atomic mass is 9.66. The molecule has 26 heavy (non-hydrogen) atoms. The summed E-state index contributed by atoms with van der Waals surface area (Å²) in [6.07, 6.45) is 4.01. The highest BCUT2D eigenvalue weighted by Crippen LogP contribution is 2.42. The summed E-state index contributed by atoms with van der Waals surface area (Å²) in [5.74, 6) is 0.296. The lowest BCUT2D eigenvalue weighted by molar-refractivity contribution is -0.130. The van der Waals surface area contributed by atoms with Gasteiger partial charge in [-0.3, -0.25) is 4.79 Å². The minimum atomic E-state index is -0.0486. The average molecular weight is 363 g/mol. The van der Waals surface area contributed by atoms with Crippen LogP contribution in [0, 0.1) is 16.7 Å². The van der Waals surface area contributed by atoms with Gasteiger partial charge in [0.15, 0.2) is 0 Å². The molecule has 1 aromatic rings. The number of carbonyl (C=O) groups excluding carboxylic acids is 1. The molecule has 4 nitrogen and oxygen atoms in total. The predicted molar refractivity (Wildman–Crippen MR) is 109 cm³/mol. The van der Waals surface area contributed by atoms with E-state index in [1.807, 2.05) is 12.1 Å². The third kappa shape index (κ3) is 5.73. The molecule has 0 aliphatic carbocycles. The molecule has 0 spiro atoms. The van der Waals surface area contributed by atoms with Crippen LogP contribution in [0.2, 0.25) is 0 Å². The second kappa shape index (κ2) is 9.40. The topological polar surface area (TPSA) is 75.3 Å². The Kier molecular flexibility index (Phi) is 8.14.